The van der Waals surface area contributed by atoms with Crippen molar-refractivity contribution in [3.63, 3.8) is 0 Å². The van der Waals surface area contributed by atoms with E-state index in [0.717, 1.165) is 25.1 Å². The largest absolute Gasteiger partial charge is 0.390 e. The van der Waals surface area contributed by atoms with Gasteiger partial charge in [0.05, 0.1) is 18.3 Å². The number of nitrogens with zero attached hydrogens (tertiary/aromatic N) is 3. The third kappa shape index (κ3) is 2.34. The molecule has 106 valence electrons. The summed E-state index contributed by atoms with van der Waals surface area (Å²) in [6, 6.07) is 10.2. The van der Waals surface area contributed by atoms with Crippen LogP contribution in [0.5, 0.6) is 0 Å². The van der Waals surface area contributed by atoms with Gasteiger partial charge in [-0.2, -0.15) is 0 Å². The first kappa shape index (κ1) is 13.3. The lowest BCUT2D eigenvalue weighted by molar-refractivity contribution is 0.101. The van der Waals surface area contributed by atoms with Crippen LogP contribution >= 0.6 is 0 Å². The minimum Gasteiger partial charge on any atom is -0.390 e. The van der Waals surface area contributed by atoms with Gasteiger partial charge in [0.25, 0.3) is 0 Å². The summed E-state index contributed by atoms with van der Waals surface area (Å²) in [4.78, 5) is 0. The molecule has 0 amide bonds. The fourth-order valence-corrected chi connectivity index (χ4v) is 2.73. The monoisotopic (exact) mass is 273 g/mol. The maximum absolute atomic E-state index is 9.47. The molecule has 0 saturated carbocycles. The van der Waals surface area contributed by atoms with Gasteiger partial charge in [0.15, 0.2) is 0 Å². The normalized spacial score (nSPS) is 20.2. The number of hydrogen-bond donors (Lipinski definition) is 1. The van der Waals surface area contributed by atoms with Crippen LogP contribution in [0.3, 0.4) is 0 Å². The number of aromatic nitrogens is 3. The number of rotatable bonds is 4. The highest BCUT2D eigenvalue weighted by atomic mass is 16.5. The first-order chi connectivity index (χ1) is 9.81. The minimum atomic E-state index is -0.100. The summed E-state index contributed by atoms with van der Waals surface area (Å²) in [5, 5.41) is 17.8. The van der Waals surface area contributed by atoms with Gasteiger partial charge in [-0.15, -0.1) is 5.10 Å². The van der Waals surface area contributed by atoms with Crippen LogP contribution in [0.4, 0.5) is 0 Å². The van der Waals surface area contributed by atoms with Gasteiger partial charge in [-0.25, -0.2) is 4.68 Å². The van der Waals surface area contributed by atoms with Crippen molar-refractivity contribution in [1.82, 2.24) is 15.0 Å². The molecule has 1 aliphatic heterocycles. The van der Waals surface area contributed by atoms with Crippen molar-refractivity contribution in [2.45, 2.75) is 38.5 Å². The molecule has 1 saturated heterocycles. The Morgan fingerprint density at radius 2 is 2.20 bits per heavy atom. The van der Waals surface area contributed by atoms with Crippen LogP contribution in [-0.4, -0.2) is 26.7 Å². The van der Waals surface area contributed by atoms with Gasteiger partial charge in [0.2, 0.25) is 0 Å². The Bertz CT molecular complexity index is 562. The minimum absolute atomic E-state index is 0.00156. The third-order valence-electron chi connectivity index (χ3n) is 3.84. The van der Waals surface area contributed by atoms with E-state index in [-0.39, 0.29) is 18.8 Å². The number of hydrogen-bond acceptors (Lipinski definition) is 4. The SMILES string of the molecule is CC(c1ccccc1)n1nnc(CO)c1C1CCCO1. The van der Waals surface area contributed by atoms with Crippen LogP contribution in [0.2, 0.25) is 0 Å². The second-order valence-electron chi connectivity index (χ2n) is 5.11. The quantitative estimate of drug-likeness (QED) is 0.928. The van der Waals surface area contributed by atoms with Crippen LogP contribution in [0, 0.1) is 0 Å². The molecule has 1 fully saturated rings. The summed E-state index contributed by atoms with van der Waals surface area (Å²) >= 11 is 0. The van der Waals surface area contributed by atoms with Crippen molar-refractivity contribution in [3.05, 3.63) is 47.3 Å². The molecule has 5 nitrogen and oxygen atoms in total. The molecule has 1 aromatic carbocycles. The highest BCUT2D eigenvalue weighted by molar-refractivity contribution is 5.22. The van der Waals surface area contributed by atoms with E-state index in [1.807, 2.05) is 22.9 Å². The number of aliphatic hydroxyl groups excluding tert-OH is 1. The maximum atomic E-state index is 9.47. The molecule has 1 N–H and O–H groups in total. The molecule has 2 atom stereocenters. The summed E-state index contributed by atoms with van der Waals surface area (Å²) in [5.41, 5.74) is 2.71. The number of aliphatic hydroxyl groups is 1. The first-order valence-electron chi connectivity index (χ1n) is 7.02. The molecule has 0 spiro atoms. The molecule has 1 aliphatic rings. The van der Waals surface area contributed by atoms with E-state index >= 15 is 0 Å². The van der Waals surface area contributed by atoms with E-state index in [9.17, 15) is 5.11 Å². The van der Waals surface area contributed by atoms with Gasteiger partial charge in [0.1, 0.15) is 11.8 Å². The summed E-state index contributed by atoms with van der Waals surface area (Å²) in [5.74, 6) is 0. The summed E-state index contributed by atoms with van der Waals surface area (Å²) < 4.78 is 7.64. The van der Waals surface area contributed by atoms with Crippen molar-refractivity contribution >= 4 is 0 Å². The number of benzene rings is 1. The average molecular weight is 273 g/mol. The fraction of sp³-hybridized carbons (Fsp3) is 0.467. The van der Waals surface area contributed by atoms with Gasteiger partial charge < -0.3 is 9.84 Å². The van der Waals surface area contributed by atoms with Crippen LogP contribution in [0.15, 0.2) is 30.3 Å². The van der Waals surface area contributed by atoms with Crippen molar-refractivity contribution in [3.8, 4) is 0 Å². The fourth-order valence-electron chi connectivity index (χ4n) is 2.73. The second-order valence-corrected chi connectivity index (χ2v) is 5.11. The van der Waals surface area contributed by atoms with Gasteiger partial charge >= 0.3 is 0 Å². The van der Waals surface area contributed by atoms with E-state index in [4.69, 9.17) is 4.74 Å². The van der Waals surface area contributed by atoms with E-state index in [1.54, 1.807) is 0 Å². The lowest BCUT2D eigenvalue weighted by atomic mass is 10.1. The molecule has 2 unspecified atom stereocenters. The standard InChI is InChI=1S/C15H19N3O2/c1-11(12-6-3-2-4-7-12)18-15(13(10-19)16-17-18)14-8-5-9-20-14/h2-4,6-7,11,14,19H,5,8-10H2,1H3. The van der Waals surface area contributed by atoms with Gasteiger partial charge in [-0.05, 0) is 25.3 Å². The van der Waals surface area contributed by atoms with E-state index in [1.165, 1.54) is 5.56 Å². The third-order valence-corrected chi connectivity index (χ3v) is 3.84. The Labute approximate surface area is 118 Å². The van der Waals surface area contributed by atoms with Crippen LogP contribution in [-0.2, 0) is 11.3 Å². The second kappa shape index (κ2) is 5.73. The zero-order valence-electron chi connectivity index (χ0n) is 11.6. The molecular formula is C15H19N3O2. The highest BCUT2D eigenvalue weighted by Gasteiger charge is 2.28. The molecule has 3 rings (SSSR count). The van der Waals surface area contributed by atoms with Gasteiger partial charge in [-0.3, -0.25) is 0 Å². The molecule has 5 heteroatoms. The van der Waals surface area contributed by atoms with E-state index in [2.05, 4.69) is 29.4 Å². The first-order valence-corrected chi connectivity index (χ1v) is 7.02. The topological polar surface area (TPSA) is 60.2 Å². The molecule has 2 heterocycles. The predicted octanol–water partition coefficient (Wildman–Crippen LogP) is 2.23. The summed E-state index contributed by atoms with van der Waals surface area (Å²) in [6.07, 6.45) is 2.00. The Hall–Kier alpha value is -1.72. The Morgan fingerprint density at radius 3 is 2.85 bits per heavy atom. The Kier molecular flexibility index (Phi) is 3.80. The molecule has 0 radical (unpaired) electrons. The lowest BCUT2D eigenvalue weighted by Crippen LogP contribution is -2.15. The van der Waals surface area contributed by atoms with Crippen molar-refractivity contribution < 1.29 is 9.84 Å². The zero-order valence-corrected chi connectivity index (χ0v) is 11.6. The van der Waals surface area contributed by atoms with Crippen LogP contribution in [0.25, 0.3) is 0 Å². The molecule has 1 aromatic heterocycles. The predicted molar refractivity (Wildman–Crippen MR) is 74.1 cm³/mol. The van der Waals surface area contributed by atoms with Crippen LogP contribution in [0.1, 0.15) is 48.9 Å². The molecule has 20 heavy (non-hydrogen) atoms. The van der Waals surface area contributed by atoms with E-state index < -0.39 is 0 Å². The molecule has 0 aliphatic carbocycles. The van der Waals surface area contributed by atoms with Gasteiger partial charge in [0, 0.05) is 6.61 Å². The van der Waals surface area contributed by atoms with Gasteiger partial charge in [-0.1, -0.05) is 35.5 Å². The van der Waals surface area contributed by atoms with Crippen LogP contribution < -0.4 is 0 Å². The smallest absolute Gasteiger partial charge is 0.114 e. The average Bonchev–Trinajstić information content (AvgIpc) is 3.15. The van der Waals surface area contributed by atoms with E-state index in [0.29, 0.717) is 5.69 Å². The van der Waals surface area contributed by atoms with Crippen molar-refractivity contribution in [2.24, 2.45) is 0 Å². The molecule has 0 bridgehead atoms. The molecular weight excluding hydrogens is 254 g/mol. The summed E-state index contributed by atoms with van der Waals surface area (Å²) in [7, 11) is 0. The lowest BCUT2D eigenvalue weighted by Gasteiger charge is -2.18. The van der Waals surface area contributed by atoms with Crippen molar-refractivity contribution in [1.29, 1.82) is 0 Å². The Balaban J connectivity index is 1.98. The summed E-state index contributed by atoms with van der Waals surface area (Å²) in [6.45, 7) is 2.75. The maximum Gasteiger partial charge on any atom is 0.114 e. The van der Waals surface area contributed by atoms with Crippen molar-refractivity contribution in [2.75, 3.05) is 6.61 Å². The number of ether oxygens (including phenoxy) is 1. The molecule has 2 aromatic rings. The zero-order chi connectivity index (χ0) is 13.9. The highest BCUT2D eigenvalue weighted by Crippen LogP contribution is 2.32. The Morgan fingerprint density at radius 1 is 1.40 bits per heavy atom.